The van der Waals surface area contributed by atoms with Crippen LogP contribution in [0.3, 0.4) is 0 Å². The fraction of sp³-hybridized carbons (Fsp3) is 0.167. The van der Waals surface area contributed by atoms with Crippen LogP contribution in [0.5, 0.6) is 0 Å². The third-order valence-electron chi connectivity index (χ3n) is 2.30. The molecular formula is C12H14N2O. The largest absolute Gasteiger partial charge is 0.472 e. The van der Waals surface area contributed by atoms with Gasteiger partial charge < -0.3 is 15.5 Å². The second-order valence-electron chi connectivity index (χ2n) is 3.36. The van der Waals surface area contributed by atoms with Crippen molar-refractivity contribution < 1.29 is 4.42 Å². The lowest BCUT2D eigenvalue weighted by atomic mass is 10.1. The monoisotopic (exact) mass is 202 g/mol. The molecule has 0 aliphatic carbocycles. The van der Waals surface area contributed by atoms with Crippen molar-refractivity contribution in [2.75, 3.05) is 11.9 Å². The molecule has 1 heterocycles. The van der Waals surface area contributed by atoms with Gasteiger partial charge in [-0.3, -0.25) is 0 Å². The molecule has 3 heteroatoms. The van der Waals surface area contributed by atoms with Crippen LogP contribution >= 0.6 is 0 Å². The molecule has 0 saturated carbocycles. The molecule has 1 aromatic heterocycles. The van der Waals surface area contributed by atoms with Gasteiger partial charge in [0.1, 0.15) is 0 Å². The minimum atomic E-state index is 0.103. The maximum Gasteiger partial charge on any atom is 0.0955 e. The topological polar surface area (TPSA) is 51.2 Å². The summed E-state index contributed by atoms with van der Waals surface area (Å²) in [5.41, 5.74) is 7.84. The van der Waals surface area contributed by atoms with E-state index in [9.17, 15) is 0 Å². The fourth-order valence-corrected chi connectivity index (χ4v) is 1.49. The summed E-state index contributed by atoms with van der Waals surface area (Å²) in [5.74, 6) is 0. The quantitative estimate of drug-likeness (QED) is 0.800. The zero-order valence-corrected chi connectivity index (χ0v) is 8.39. The third-order valence-corrected chi connectivity index (χ3v) is 2.30. The van der Waals surface area contributed by atoms with E-state index in [1.807, 2.05) is 36.4 Å². The Morgan fingerprint density at radius 1 is 1.20 bits per heavy atom. The summed E-state index contributed by atoms with van der Waals surface area (Å²) < 4.78 is 5.04. The summed E-state index contributed by atoms with van der Waals surface area (Å²) in [6, 6.07) is 12.0. The third kappa shape index (κ3) is 2.39. The lowest BCUT2D eigenvalue weighted by Gasteiger charge is -2.16. The lowest BCUT2D eigenvalue weighted by molar-refractivity contribution is 0.561. The van der Waals surface area contributed by atoms with Crippen molar-refractivity contribution >= 4 is 5.69 Å². The number of nitrogens with one attached hydrogen (secondary N) is 1. The maximum absolute atomic E-state index is 5.71. The highest BCUT2D eigenvalue weighted by molar-refractivity contribution is 5.44. The average molecular weight is 202 g/mol. The first-order valence-electron chi connectivity index (χ1n) is 4.94. The van der Waals surface area contributed by atoms with Crippen molar-refractivity contribution in [1.29, 1.82) is 0 Å². The van der Waals surface area contributed by atoms with E-state index >= 15 is 0 Å². The van der Waals surface area contributed by atoms with Gasteiger partial charge in [0, 0.05) is 17.8 Å². The summed E-state index contributed by atoms with van der Waals surface area (Å²) >= 11 is 0. The van der Waals surface area contributed by atoms with E-state index in [4.69, 9.17) is 10.2 Å². The van der Waals surface area contributed by atoms with Crippen LogP contribution in [-0.2, 0) is 0 Å². The van der Waals surface area contributed by atoms with Gasteiger partial charge in [0.25, 0.3) is 0 Å². The molecule has 0 aliphatic rings. The average Bonchev–Trinajstić information content (AvgIpc) is 2.81. The van der Waals surface area contributed by atoms with Gasteiger partial charge in [0.15, 0.2) is 0 Å². The Hall–Kier alpha value is -1.74. The van der Waals surface area contributed by atoms with Crippen LogP contribution in [-0.4, -0.2) is 6.54 Å². The van der Waals surface area contributed by atoms with Gasteiger partial charge in [0.2, 0.25) is 0 Å². The molecule has 0 spiro atoms. The van der Waals surface area contributed by atoms with E-state index in [1.165, 1.54) is 0 Å². The van der Waals surface area contributed by atoms with Crippen molar-refractivity contribution in [3.63, 3.8) is 0 Å². The van der Waals surface area contributed by atoms with Crippen LogP contribution in [0.2, 0.25) is 0 Å². The molecule has 0 amide bonds. The number of anilines is 1. The molecule has 0 fully saturated rings. The van der Waals surface area contributed by atoms with Crippen molar-refractivity contribution in [1.82, 2.24) is 0 Å². The van der Waals surface area contributed by atoms with Gasteiger partial charge >= 0.3 is 0 Å². The van der Waals surface area contributed by atoms with Crippen molar-refractivity contribution in [2.24, 2.45) is 5.73 Å². The molecule has 15 heavy (non-hydrogen) atoms. The first kappa shape index (κ1) is 9.80. The zero-order valence-electron chi connectivity index (χ0n) is 8.39. The second-order valence-corrected chi connectivity index (χ2v) is 3.36. The normalized spacial score (nSPS) is 12.3. The Labute approximate surface area is 88.9 Å². The number of rotatable bonds is 4. The van der Waals surface area contributed by atoms with Gasteiger partial charge in [-0.1, -0.05) is 18.2 Å². The Morgan fingerprint density at radius 2 is 2.00 bits per heavy atom. The molecule has 0 bridgehead atoms. The number of furan rings is 1. The van der Waals surface area contributed by atoms with Gasteiger partial charge in [-0.05, 0) is 18.2 Å². The molecule has 2 aromatic rings. The summed E-state index contributed by atoms with van der Waals surface area (Å²) in [4.78, 5) is 0. The number of para-hydroxylation sites is 1. The van der Waals surface area contributed by atoms with Crippen LogP contribution in [0, 0.1) is 0 Å². The Balaban J connectivity index is 2.10. The van der Waals surface area contributed by atoms with E-state index in [0.717, 1.165) is 11.3 Å². The van der Waals surface area contributed by atoms with E-state index in [2.05, 4.69) is 5.32 Å². The molecule has 0 saturated heterocycles. The van der Waals surface area contributed by atoms with E-state index < -0.39 is 0 Å². The molecule has 2 rings (SSSR count). The highest BCUT2D eigenvalue weighted by atomic mass is 16.3. The minimum Gasteiger partial charge on any atom is -0.472 e. The van der Waals surface area contributed by atoms with E-state index in [0.29, 0.717) is 6.54 Å². The SMILES string of the molecule is NCC(Nc1ccccc1)c1ccoc1. The minimum absolute atomic E-state index is 0.103. The van der Waals surface area contributed by atoms with Crippen LogP contribution in [0.15, 0.2) is 53.3 Å². The van der Waals surface area contributed by atoms with Gasteiger partial charge in [-0.25, -0.2) is 0 Å². The highest BCUT2D eigenvalue weighted by Gasteiger charge is 2.09. The number of benzene rings is 1. The van der Waals surface area contributed by atoms with Crippen LogP contribution in [0.4, 0.5) is 5.69 Å². The molecule has 1 atom stereocenters. The Bertz CT molecular complexity index is 383. The van der Waals surface area contributed by atoms with Crippen LogP contribution < -0.4 is 11.1 Å². The summed E-state index contributed by atoms with van der Waals surface area (Å²) in [6.07, 6.45) is 3.37. The Morgan fingerprint density at radius 3 is 2.60 bits per heavy atom. The predicted octanol–water partition coefficient (Wildman–Crippen LogP) is 2.39. The van der Waals surface area contributed by atoms with Gasteiger partial charge in [0.05, 0.1) is 18.6 Å². The smallest absolute Gasteiger partial charge is 0.0955 e. The summed E-state index contributed by atoms with van der Waals surface area (Å²) in [5, 5.41) is 3.35. The van der Waals surface area contributed by atoms with Crippen LogP contribution in [0.25, 0.3) is 0 Å². The highest BCUT2D eigenvalue weighted by Crippen LogP contribution is 2.18. The van der Waals surface area contributed by atoms with E-state index in [1.54, 1.807) is 12.5 Å². The summed E-state index contributed by atoms with van der Waals surface area (Å²) in [6.45, 7) is 0.536. The predicted molar refractivity (Wildman–Crippen MR) is 60.6 cm³/mol. The van der Waals surface area contributed by atoms with Crippen molar-refractivity contribution in [3.8, 4) is 0 Å². The lowest BCUT2D eigenvalue weighted by Crippen LogP contribution is -2.19. The molecule has 0 radical (unpaired) electrons. The standard InChI is InChI=1S/C12H14N2O/c13-8-12(10-6-7-15-9-10)14-11-4-2-1-3-5-11/h1-7,9,12,14H,8,13H2. The first-order chi connectivity index (χ1) is 7.40. The molecule has 1 aromatic carbocycles. The molecule has 1 unspecified atom stereocenters. The molecule has 3 N–H and O–H groups in total. The fourth-order valence-electron chi connectivity index (χ4n) is 1.49. The second kappa shape index (κ2) is 4.66. The zero-order chi connectivity index (χ0) is 10.5. The number of nitrogens with two attached hydrogens (primary N) is 1. The number of hydrogen-bond acceptors (Lipinski definition) is 3. The van der Waals surface area contributed by atoms with Crippen LogP contribution in [0.1, 0.15) is 11.6 Å². The van der Waals surface area contributed by atoms with Gasteiger partial charge in [-0.15, -0.1) is 0 Å². The number of hydrogen-bond donors (Lipinski definition) is 2. The van der Waals surface area contributed by atoms with E-state index in [-0.39, 0.29) is 6.04 Å². The molecule has 3 nitrogen and oxygen atoms in total. The summed E-state index contributed by atoms with van der Waals surface area (Å²) in [7, 11) is 0. The van der Waals surface area contributed by atoms with Gasteiger partial charge in [-0.2, -0.15) is 0 Å². The molecular weight excluding hydrogens is 188 g/mol. The molecule has 0 aliphatic heterocycles. The first-order valence-corrected chi connectivity index (χ1v) is 4.94. The Kier molecular flexibility index (Phi) is 3.05. The van der Waals surface area contributed by atoms with Crippen molar-refractivity contribution in [3.05, 3.63) is 54.5 Å². The maximum atomic E-state index is 5.71. The molecule has 78 valence electrons. The van der Waals surface area contributed by atoms with Crippen molar-refractivity contribution in [2.45, 2.75) is 6.04 Å².